The average molecular weight is 492 g/mol. The van der Waals surface area contributed by atoms with Gasteiger partial charge < -0.3 is 18.8 Å². The van der Waals surface area contributed by atoms with E-state index in [0.717, 1.165) is 67.6 Å². The fourth-order valence-electron chi connectivity index (χ4n) is 4.84. The van der Waals surface area contributed by atoms with Gasteiger partial charge in [0.05, 0.1) is 22.6 Å². The molecule has 0 radical (unpaired) electrons. The fraction of sp³-hybridized carbons (Fsp3) is 0.407. The lowest BCUT2D eigenvalue weighted by molar-refractivity contribution is -0.134. The van der Waals surface area contributed by atoms with Crippen molar-refractivity contribution in [1.29, 1.82) is 0 Å². The first-order valence-electron chi connectivity index (χ1n) is 12.3. The number of imidazole rings is 1. The van der Waals surface area contributed by atoms with E-state index in [4.69, 9.17) is 14.3 Å². The smallest absolute Gasteiger partial charge is 0.345 e. The Morgan fingerprint density at radius 1 is 1.14 bits per heavy atom. The van der Waals surface area contributed by atoms with Crippen LogP contribution in [0.4, 0.5) is 5.69 Å². The number of rotatable bonds is 4. The number of fused-ring (bicyclic) bond motifs is 2. The standard InChI is InChI=1S/C25H29N5O2.C2H4O2/c1-5-19-14-29(10-9-28(19)6-2)20-8-7-18-11-21(25(31)32-23(18)12-20)22-15-30-13-16(3)26-17(4)24(30)27-22;1-2(3)4/h7-8,11-13,15,19H,5-6,9-10,14H2,1-4H3;1H3,(H,3,4)/t19-;/m0./s1. The zero-order chi connectivity index (χ0) is 26.0. The number of aliphatic carboxylic acids is 1. The molecule has 0 spiro atoms. The molecule has 190 valence electrons. The predicted molar refractivity (Wildman–Crippen MR) is 141 cm³/mol. The number of aromatic nitrogens is 3. The van der Waals surface area contributed by atoms with Crippen molar-refractivity contribution < 1.29 is 14.3 Å². The molecule has 9 heteroatoms. The Bertz CT molecular complexity index is 1450. The Kier molecular flexibility index (Phi) is 7.40. The van der Waals surface area contributed by atoms with Gasteiger partial charge in [-0.25, -0.2) is 9.78 Å². The second-order valence-electron chi connectivity index (χ2n) is 9.15. The molecule has 1 aromatic carbocycles. The molecule has 1 fully saturated rings. The van der Waals surface area contributed by atoms with Crippen LogP contribution in [0, 0.1) is 13.8 Å². The minimum atomic E-state index is -0.833. The molecule has 0 unspecified atom stereocenters. The van der Waals surface area contributed by atoms with Crippen LogP contribution in [-0.2, 0) is 4.79 Å². The number of carboxylic acid groups (broad SMARTS) is 1. The van der Waals surface area contributed by atoms with Crippen LogP contribution in [0.5, 0.6) is 0 Å². The number of carbonyl (C=O) groups is 1. The summed E-state index contributed by atoms with van der Waals surface area (Å²) in [6.45, 7) is 13.5. The maximum atomic E-state index is 12.9. The number of aryl methyl sites for hydroxylation is 2. The third-order valence-electron chi connectivity index (χ3n) is 6.57. The van der Waals surface area contributed by atoms with Crippen molar-refractivity contribution in [2.75, 3.05) is 31.1 Å². The minimum Gasteiger partial charge on any atom is -0.481 e. The Hall–Kier alpha value is -3.72. The van der Waals surface area contributed by atoms with E-state index in [1.165, 1.54) is 0 Å². The second kappa shape index (κ2) is 10.5. The summed E-state index contributed by atoms with van der Waals surface area (Å²) in [6, 6.07) is 8.59. The van der Waals surface area contributed by atoms with Gasteiger partial charge in [0.15, 0.2) is 5.65 Å². The van der Waals surface area contributed by atoms with Gasteiger partial charge in [0, 0.05) is 62.1 Å². The molecule has 1 saturated heterocycles. The highest BCUT2D eigenvalue weighted by molar-refractivity contribution is 5.84. The summed E-state index contributed by atoms with van der Waals surface area (Å²) in [5.74, 6) is -0.833. The maximum absolute atomic E-state index is 12.9. The van der Waals surface area contributed by atoms with Gasteiger partial charge in [-0.3, -0.25) is 14.7 Å². The van der Waals surface area contributed by atoms with Crippen LogP contribution in [0.25, 0.3) is 27.9 Å². The zero-order valence-electron chi connectivity index (χ0n) is 21.5. The lowest BCUT2D eigenvalue weighted by Crippen LogP contribution is -2.52. The van der Waals surface area contributed by atoms with E-state index in [2.05, 4.69) is 39.7 Å². The molecule has 1 aliphatic rings. The van der Waals surface area contributed by atoms with Gasteiger partial charge in [-0.2, -0.15) is 0 Å². The molecule has 1 atom stereocenters. The van der Waals surface area contributed by atoms with Crippen LogP contribution in [0.1, 0.15) is 38.6 Å². The molecule has 4 aromatic rings. The van der Waals surface area contributed by atoms with Crippen molar-refractivity contribution in [3.63, 3.8) is 0 Å². The molecular formula is C27H33N5O4. The average Bonchev–Trinajstić information content (AvgIpc) is 3.26. The number of anilines is 1. The molecule has 1 aliphatic heterocycles. The molecule has 0 amide bonds. The van der Waals surface area contributed by atoms with Crippen molar-refractivity contribution in [2.45, 2.75) is 47.1 Å². The molecule has 9 nitrogen and oxygen atoms in total. The molecule has 0 saturated carbocycles. The highest BCUT2D eigenvalue weighted by Gasteiger charge is 2.25. The summed E-state index contributed by atoms with van der Waals surface area (Å²) in [5.41, 5.74) is 4.89. The van der Waals surface area contributed by atoms with Crippen molar-refractivity contribution in [2.24, 2.45) is 0 Å². The van der Waals surface area contributed by atoms with Crippen LogP contribution in [-0.4, -0.2) is 62.6 Å². The second-order valence-corrected chi connectivity index (χ2v) is 9.15. The van der Waals surface area contributed by atoms with Gasteiger partial charge in [0.2, 0.25) is 0 Å². The van der Waals surface area contributed by atoms with Crippen LogP contribution in [0.2, 0.25) is 0 Å². The van der Waals surface area contributed by atoms with E-state index in [9.17, 15) is 4.79 Å². The van der Waals surface area contributed by atoms with Crippen LogP contribution >= 0.6 is 0 Å². The summed E-state index contributed by atoms with van der Waals surface area (Å²) in [4.78, 5) is 35.9. The maximum Gasteiger partial charge on any atom is 0.345 e. The molecule has 0 aliphatic carbocycles. The minimum absolute atomic E-state index is 0.373. The first kappa shape index (κ1) is 25.4. The van der Waals surface area contributed by atoms with Crippen LogP contribution in [0.3, 0.4) is 0 Å². The fourth-order valence-corrected chi connectivity index (χ4v) is 4.84. The van der Waals surface area contributed by atoms with E-state index in [-0.39, 0.29) is 5.63 Å². The summed E-state index contributed by atoms with van der Waals surface area (Å²) < 4.78 is 7.68. The van der Waals surface area contributed by atoms with E-state index in [1.54, 1.807) is 0 Å². The van der Waals surface area contributed by atoms with Crippen molar-refractivity contribution in [3.8, 4) is 11.3 Å². The quantitative estimate of drug-likeness (QED) is 0.425. The lowest BCUT2D eigenvalue weighted by Gasteiger charge is -2.41. The van der Waals surface area contributed by atoms with Gasteiger partial charge >= 0.3 is 5.63 Å². The van der Waals surface area contributed by atoms with E-state index in [0.29, 0.717) is 22.9 Å². The molecule has 5 rings (SSSR count). The molecule has 1 N–H and O–H groups in total. The Balaban J connectivity index is 0.000000709. The predicted octanol–water partition coefficient (Wildman–Crippen LogP) is 4.13. The highest BCUT2D eigenvalue weighted by Crippen LogP contribution is 2.27. The number of piperazine rings is 1. The summed E-state index contributed by atoms with van der Waals surface area (Å²) >= 11 is 0. The number of carboxylic acids is 1. The highest BCUT2D eigenvalue weighted by atomic mass is 16.4. The number of likely N-dealkylation sites (N-methyl/N-ethyl adjacent to an activating group) is 1. The molecule has 4 heterocycles. The Morgan fingerprint density at radius 3 is 2.58 bits per heavy atom. The van der Waals surface area contributed by atoms with E-state index < -0.39 is 5.97 Å². The topological polar surface area (TPSA) is 104 Å². The Morgan fingerprint density at radius 2 is 1.89 bits per heavy atom. The zero-order valence-corrected chi connectivity index (χ0v) is 21.5. The van der Waals surface area contributed by atoms with Gasteiger partial charge in [-0.1, -0.05) is 13.8 Å². The summed E-state index contributed by atoms with van der Waals surface area (Å²) in [6.07, 6.45) is 4.90. The molecular weight excluding hydrogens is 458 g/mol. The summed E-state index contributed by atoms with van der Waals surface area (Å²) in [5, 5.41) is 8.31. The van der Waals surface area contributed by atoms with E-state index >= 15 is 0 Å². The number of nitrogens with zero attached hydrogens (tertiary/aromatic N) is 5. The molecule has 36 heavy (non-hydrogen) atoms. The van der Waals surface area contributed by atoms with Crippen LogP contribution in [0.15, 0.2) is 45.9 Å². The lowest BCUT2D eigenvalue weighted by atomic mass is 10.1. The van der Waals surface area contributed by atoms with Gasteiger partial charge in [0.1, 0.15) is 5.58 Å². The third kappa shape index (κ3) is 5.26. The first-order valence-corrected chi connectivity index (χ1v) is 12.3. The van der Waals surface area contributed by atoms with Gasteiger partial charge in [-0.05, 0) is 45.0 Å². The van der Waals surface area contributed by atoms with Gasteiger partial charge in [0.25, 0.3) is 5.97 Å². The number of benzene rings is 1. The van der Waals surface area contributed by atoms with Crippen molar-refractivity contribution in [1.82, 2.24) is 19.3 Å². The van der Waals surface area contributed by atoms with Crippen molar-refractivity contribution in [3.05, 3.63) is 58.5 Å². The largest absolute Gasteiger partial charge is 0.481 e. The third-order valence-corrected chi connectivity index (χ3v) is 6.57. The van der Waals surface area contributed by atoms with Gasteiger partial charge in [-0.15, -0.1) is 0 Å². The molecule has 0 bridgehead atoms. The SMILES string of the molecule is CC(=O)O.CC[C@H]1CN(c2ccc3cc(-c4cn5cc(C)nc(C)c5n4)c(=O)oc3c2)CCN1CC. The van der Waals surface area contributed by atoms with E-state index in [1.807, 2.05) is 48.8 Å². The monoisotopic (exact) mass is 491 g/mol. The number of hydrogen-bond acceptors (Lipinski definition) is 7. The number of hydrogen-bond donors (Lipinski definition) is 1. The molecule has 3 aromatic heterocycles. The van der Waals surface area contributed by atoms with Crippen LogP contribution < -0.4 is 10.5 Å². The van der Waals surface area contributed by atoms with Crippen molar-refractivity contribution >= 4 is 28.3 Å². The Labute approximate surface area is 210 Å². The summed E-state index contributed by atoms with van der Waals surface area (Å²) in [7, 11) is 0. The first-order chi connectivity index (χ1) is 17.2. The normalized spacial score (nSPS) is 16.2.